The standard InChI is InChI=1S/C12H16F2N2O2.ClH/c1-7(16-12(17)11(15)6-18-2)9-4-3-8(13)5-10(9)14;/h3-5,7,11H,6,15H2,1-2H3,(H,16,17);1H. The average Bonchev–Trinajstić information content (AvgIpc) is 2.28. The van der Waals surface area contributed by atoms with E-state index in [9.17, 15) is 13.6 Å². The number of hydrogen-bond acceptors (Lipinski definition) is 3. The van der Waals surface area contributed by atoms with Gasteiger partial charge in [-0.05, 0) is 13.0 Å². The first kappa shape index (κ1) is 17.8. The molecule has 2 atom stereocenters. The fourth-order valence-electron chi connectivity index (χ4n) is 1.51. The van der Waals surface area contributed by atoms with Gasteiger partial charge in [-0.15, -0.1) is 12.4 Å². The second kappa shape index (κ2) is 8.04. The van der Waals surface area contributed by atoms with Crippen molar-refractivity contribution in [2.75, 3.05) is 13.7 Å². The van der Waals surface area contributed by atoms with Crippen molar-refractivity contribution in [3.8, 4) is 0 Å². The van der Waals surface area contributed by atoms with E-state index in [-0.39, 0.29) is 24.6 Å². The summed E-state index contributed by atoms with van der Waals surface area (Å²) in [6.45, 7) is 1.66. The lowest BCUT2D eigenvalue weighted by atomic mass is 10.1. The van der Waals surface area contributed by atoms with Crippen LogP contribution in [0.25, 0.3) is 0 Å². The molecule has 0 saturated heterocycles. The molecule has 0 bridgehead atoms. The second-order valence-electron chi connectivity index (χ2n) is 3.96. The summed E-state index contributed by atoms with van der Waals surface area (Å²) in [7, 11) is 1.43. The Bertz CT molecular complexity index is 432. The normalized spacial score (nSPS) is 13.3. The summed E-state index contributed by atoms with van der Waals surface area (Å²) < 4.78 is 30.9. The Morgan fingerprint density at radius 1 is 1.47 bits per heavy atom. The van der Waals surface area contributed by atoms with Gasteiger partial charge in [0.15, 0.2) is 0 Å². The Kier molecular flexibility index (Phi) is 7.51. The number of rotatable bonds is 5. The monoisotopic (exact) mass is 294 g/mol. The van der Waals surface area contributed by atoms with Crippen molar-refractivity contribution in [2.24, 2.45) is 5.73 Å². The van der Waals surface area contributed by atoms with Gasteiger partial charge in [0, 0.05) is 18.7 Å². The number of carbonyl (C=O) groups excluding carboxylic acids is 1. The Morgan fingerprint density at radius 2 is 2.11 bits per heavy atom. The fourth-order valence-corrected chi connectivity index (χ4v) is 1.51. The van der Waals surface area contributed by atoms with Gasteiger partial charge in [0.2, 0.25) is 5.91 Å². The van der Waals surface area contributed by atoms with Crippen LogP contribution < -0.4 is 11.1 Å². The number of amides is 1. The summed E-state index contributed by atoms with van der Waals surface area (Å²) in [5, 5.41) is 2.53. The number of nitrogens with one attached hydrogen (secondary N) is 1. The molecule has 19 heavy (non-hydrogen) atoms. The first-order chi connectivity index (χ1) is 8.45. The summed E-state index contributed by atoms with van der Waals surface area (Å²) in [6, 6.07) is 1.78. The van der Waals surface area contributed by atoms with E-state index in [4.69, 9.17) is 10.5 Å². The van der Waals surface area contributed by atoms with E-state index in [0.29, 0.717) is 0 Å². The fraction of sp³-hybridized carbons (Fsp3) is 0.417. The van der Waals surface area contributed by atoms with Gasteiger partial charge in [-0.1, -0.05) is 6.07 Å². The maximum Gasteiger partial charge on any atom is 0.239 e. The molecule has 1 aromatic carbocycles. The van der Waals surface area contributed by atoms with E-state index in [0.717, 1.165) is 12.1 Å². The van der Waals surface area contributed by atoms with E-state index in [1.807, 2.05) is 0 Å². The van der Waals surface area contributed by atoms with Gasteiger partial charge in [-0.2, -0.15) is 0 Å². The smallest absolute Gasteiger partial charge is 0.239 e. The van der Waals surface area contributed by atoms with E-state index < -0.39 is 29.6 Å². The molecule has 1 amide bonds. The minimum absolute atomic E-state index is 0. The third-order valence-electron chi connectivity index (χ3n) is 2.47. The quantitative estimate of drug-likeness (QED) is 0.866. The molecule has 0 aliphatic carbocycles. The van der Waals surface area contributed by atoms with Gasteiger partial charge < -0.3 is 15.8 Å². The van der Waals surface area contributed by atoms with Crippen LogP contribution in [0.2, 0.25) is 0 Å². The predicted octanol–water partition coefficient (Wildman–Crippen LogP) is 1.54. The van der Waals surface area contributed by atoms with Crippen molar-refractivity contribution in [1.29, 1.82) is 0 Å². The summed E-state index contributed by atoms with van der Waals surface area (Å²) in [5.41, 5.74) is 5.73. The zero-order valence-electron chi connectivity index (χ0n) is 10.7. The maximum absolute atomic E-state index is 13.5. The molecule has 0 aliphatic heterocycles. The highest BCUT2D eigenvalue weighted by Gasteiger charge is 2.18. The van der Waals surface area contributed by atoms with Gasteiger partial charge in [0.1, 0.15) is 17.7 Å². The lowest BCUT2D eigenvalue weighted by Gasteiger charge is -2.18. The summed E-state index contributed by atoms with van der Waals surface area (Å²) >= 11 is 0. The molecule has 1 rings (SSSR count). The van der Waals surface area contributed by atoms with Crippen LogP contribution in [0.5, 0.6) is 0 Å². The van der Waals surface area contributed by atoms with Crippen LogP contribution in [0.4, 0.5) is 8.78 Å². The van der Waals surface area contributed by atoms with Gasteiger partial charge in [-0.3, -0.25) is 4.79 Å². The summed E-state index contributed by atoms with van der Waals surface area (Å²) in [4.78, 5) is 11.6. The number of carbonyl (C=O) groups is 1. The zero-order chi connectivity index (χ0) is 13.7. The van der Waals surface area contributed by atoms with Crippen molar-refractivity contribution in [3.05, 3.63) is 35.4 Å². The number of ether oxygens (including phenoxy) is 1. The lowest BCUT2D eigenvalue weighted by molar-refractivity contribution is -0.124. The number of nitrogens with two attached hydrogens (primary N) is 1. The summed E-state index contributed by atoms with van der Waals surface area (Å²) in [5.74, 6) is -1.82. The molecule has 0 spiro atoms. The topological polar surface area (TPSA) is 64.3 Å². The van der Waals surface area contributed by atoms with Gasteiger partial charge in [-0.25, -0.2) is 8.78 Å². The van der Waals surface area contributed by atoms with Crippen LogP contribution in [0.15, 0.2) is 18.2 Å². The number of halogens is 3. The van der Waals surface area contributed by atoms with Gasteiger partial charge in [0.25, 0.3) is 0 Å². The van der Waals surface area contributed by atoms with Gasteiger partial charge >= 0.3 is 0 Å². The van der Waals surface area contributed by atoms with Crippen LogP contribution in [0.1, 0.15) is 18.5 Å². The molecule has 0 aromatic heterocycles. The number of hydrogen-bond donors (Lipinski definition) is 2. The molecule has 0 aliphatic rings. The van der Waals surface area contributed by atoms with Crippen LogP contribution in [0.3, 0.4) is 0 Å². The molecular formula is C12H17ClF2N2O2. The van der Waals surface area contributed by atoms with Crippen LogP contribution in [-0.4, -0.2) is 25.7 Å². The molecule has 7 heteroatoms. The Labute approximate surface area is 116 Å². The molecule has 0 heterocycles. The Balaban J connectivity index is 0.00000324. The van der Waals surface area contributed by atoms with Crippen molar-refractivity contribution in [3.63, 3.8) is 0 Å². The molecular weight excluding hydrogens is 278 g/mol. The third kappa shape index (κ3) is 5.10. The largest absolute Gasteiger partial charge is 0.383 e. The van der Waals surface area contributed by atoms with E-state index in [1.165, 1.54) is 13.2 Å². The Hall–Kier alpha value is -1.24. The highest BCUT2D eigenvalue weighted by molar-refractivity contribution is 5.85. The molecule has 4 nitrogen and oxygen atoms in total. The molecule has 3 N–H and O–H groups in total. The highest BCUT2D eigenvalue weighted by atomic mass is 35.5. The van der Waals surface area contributed by atoms with E-state index in [1.54, 1.807) is 6.92 Å². The molecule has 108 valence electrons. The summed E-state index contributed by atoms with van der Waals surface area (Å²) in [6.07, 6.45) is 0. The average molecular weight is 295 g/mol. The van der Waals surface area contributed by atoms with Crippen LogP contribution in [0, 0.1) is 11.6 Å². The van der Waals surface area contributed by atoms with Crippen LogP contribution in [-0.2, 0) is 9.53 Å². The Morgan fingerprint density at radius 3 is 2.63 bits per heavy atom. The van der Waals surface area contributed by atoms with Crippen LogP contribution >= 0.6 is 12.4 Å². The van der Waals surface area contributed by atoms with Gasteiger partial charge in [0.05, 0.1) is 12.6 Å². The first-order valence-corrected chi connectivity index (χ1v) is 5.45. The molecule has 0 saturated carbocycles. The SMILES string of the molecule is COCC(N)C(=O)NC(C)c1ccc(F)cc1F.Cl. The van der Waals surface area contributed by atoms with E-state index in [2.05, 4.69) is 5.32 Å². The maximum atomic E-state index is 13.5. The number of methoxy groups -OCH3 is 1. The lowest BCUT2D eigenvalue weighted by Crippen LogP contribution is -2.44. The highest BCUT2D eigenvalue weighted by Crippen LogP contribution is 2.17. The van der Waals surface area contributed by atoms with Crippen molar-refractivity contribution in [1.82, 2.24) is 5.32 Å². The zero-order valence-corrected chi connectivity index (χ0v) is 11.5. The molecule has 0 fully saturated rings. The van der Waals surface area contributed by atoms with Crippen molar-refractivity contribution >= 4 is 18.3 Å². The molecule has 2 unspecified atom stereocenters. The molecule has 0 radical (unpaired) electrons. The van der Waals surface area contributed by atoms with Crippen molar-refractivity contribution < 1.29 is 18.3 Å². The predicted molar refractivity (Wildman–Crippen MR) is 70.0 cm³/mol. The third-order valence-corrected chi connectivity index (χ3v) is 2.47. The first-order valence-electron chi connectivity index (χ1n) is 5.45. The van der Waals surface area contributed by atoms with Crippen molar-refractivity contribution in [2.45, 2.75) is 19.0 Å². The minimum atomic E-state index is -0.819. The number of benzene rings is 1. The molecule has 1 aromatic rings. The van der Waals surface area contributed by atoms with E-state index >= 15 is 0 Å². The minimum Gasteiger partial charge on any atom is -0.383 e. The second-order valence-corrected chi connectivity index (χ2v) is 3.96.